The lowest BCUT2D eigenvalue weighted by molar-refractivity contribution is -0.114. The number of nitrogens with one attached hydrogen (secondary N) is 2. The second-order valence-corrected chi connectivity index (χ2v) is 6.96. The summed E-state index contributed by atoms with van der Waals surface area (Å²) >= 11 is 1.34. The van der Waals surface area contributed by atoms with Crippen LogP contribution >= 0.6 is 11.3 Å². The lowest BCUT2D eigenvalue weighted by atomic mass is 10.2. The van der Waals surface area contributed by atoms with Crippen LogP contribution in [0.2, 0.25) is 0 Å². The van der Waals surface area contributed by atoms with Crippen LogP contribution in [-0.4, -0.2) is 21.2 Å². The molecule has 2 amide bonds. The van der Waals surface area contributed by atoms with E-state index >= 15 is 0 Å². The number of thiazole rings is 1. The highest BCUT2D eigenvalue weighted by Crippen LogP contribution is 2.25. The van der Waals surface area contributed by atoms with Crippen molar-refractivity contribution < 1.29 is 14.0 Å². The summed E-state index contributed by atoms with van der Waals surface area (Å²) in [4.78, 5) is 29.1. The number of benzene rings is 2. The third-order valence-corrected chi connectivity index (χ3v) is 4.86. The van der Waals surface area contributed by atoms with Crippen LogP contribution in [0.25, 0.3) is 16.2 Å². The van der Waals surface area contributed by atoms with E-state index in [1.54, 1.807) is 52.4 Å². The molecule has 6 nitrogen and oxygen atoms in total. The lowest BCUT2D eigenvalue weighted by Crippen LogP contribution is -2.14. The second kappa shape index (κ2) is 7.24. The van der Waals surface area contributed by atoms with E-state index in [2.05, 4.69) is 15.6 Å². The van der Waals surface area contributed by atoms with Gasteiger partial charge in [-0.1, -0.05) is 6.07 Å². The van der Waals surface area contributed by atoms with Gasteiger partial charge in [0.15, 0.2) is 4.96 Å². The molecule has 0 saturated carbocycles. The van der Waals surface area contributed by atoms with Gasteiger partial charge in [-0.15, -0.1) is 11.3 Å². The van der Waals surface area contributed by atoms with E-state index in [-0.39, 0.29) is 17.6 Å². The van der Waals surface area contributed by atoms with Crippen LogP contribution in [0.5, 0.6) is 0 Å². The molecule has 2 heterocycles. The number of hydrogen-bond acceptors (Lipinski definition) is 4. The fraction of sp³-hybridized carbons (Fsp3) is 0.0500. The van der Waals surface area contributed by atoms with Crippen molar-refractivity contribution in [2.45, 2.75) is 6.92 Å². The number of imidazole rings is 1. The fourth-order valence-corrected chi connectivity index (χ4v) is 3.63. The number of anilines is 2. The quantitative estimate of drug-likeness (QED) is 0.538. The predicted octanol–water partition coefficient (Wildman–Crippen LogP) is 4.41. The van der Waals surface area contributed by atoms with Crippen molar-refractivity contribution in [3.8, 4) is 11.3 Å². The van der Waals surface area contributed by atoms with Crippen molar-refractivity contribution in [2.24, 2.45) is 0 Å². The van der Waals surface area contributed by atoms with Crippen LogP contribution < -0.4 is 10.6 Å². The SMILES string of the molecule is CC(=O)Nc1cccc(NC(=O)c2csc3nc(-c4ccc(F)cc4)cn23)c1. The Morgan fingerprint density at radius 3 is 2.50 bits per heavy atom. The Labute approximate surface area is 163 Å². The van der Waals surface area contributed by atoms with E-state index in [9.17, 15) is 14.0 Å². The Balaban J connectivity index is 1.59. The summed E-state index contributed by atoms with van der Waals surface area (Å²) in [5.41, 5.74) is 3.03. The van der Waals surface area contributed by atoms with E-state index in [0.717, 1.165) is 5.56 Å². The summed E-state index contributed by atoms with van der Waals surface area (Å²) in [5.74, 6) is -0.796. The van der Waals surface area contributed by atoms with Crippen LogP contribution in [0, 0.1) is 5.82 Å². The van der Waals surface area contributed by atoms with Gasteiger partial charge in [0.2, 0.25) is 5.91 Å². The standard InChI is InChI=1S/C20H15FN4O2S/c1-12(26)22-15-3-2-4-16(9-15)23-19(27)18-11-28-20-24-17(10-25(18)20)13-5-7-14(21)8-6-13/h2-11H,1H3,(H,22,26)(H,23,27). The van der Waals surface area contributed by atoms with E-state index in [1.807, 2.05) is 0 Å². The zero-order valence-corrected chi connectivity index (χ0v) is 15.6. The average Bonchev–Trinajstić information content (AvgIpc) is 3.22. The Hall–Kier alpha value is -3.52. The highest BCUT2D eigenvalue weighted by Gasteiger charge is 2.15. The maximum absolute atomic E-state index is 13.1. The van der Waals surface area contributed by atoms with Gasteiger partial charge < -0.3 is 10.6 Å². The van der Waals surface area contributed by atoms with Gasteiger partial charge in [-0.25, -0.2) is 9.37 Å². The van der Waals surface area contributed by atoms with Crippen molar-refractivity contribution in [3.63, 3.8) is 0 Å². The first kappa shape index (κ1) is 17.9. The molecule has 0 aliphatic rings. The van der Waals surface area contributed by atoms with Gasteiger partial charge in [0.25, 0.3) is 5.91 Å². The van der Waals surface area contributed by atoms with E-state index in [4.69, 9.17) is 0 Å². The van der Waals surface area contributed by atoms with E-state index in [0.29, 0.717) is 27.7 Å². The molecule has 4 aromatic rings. The normalized spacial score (nSPS) is 10.8. The molecule has 0 aliphatic heterocycles. The number of nitrogens with zero attached hydrogens (tertiary/aromatic N) is 2. The van der Waals surface area contributed by atoms with Gasteiger partial charge >= 0.3 is 0 Å². The van der Waals surface area contributed by atoms with Crippen LogP contribution in [0.1, 0.15) is 17.4 Å². The van der Waals surface area contributed by atoms with Crippen LogP contribution in [-0.2, 0) is 4.79 Å². The summed E-state index contributed by atoms with van der Waals surface area (Å²) in [6, 6.07) is 12.9. The molecule has 0 fully saturated rings. The van der Waals surface area contributed by atoms with Gasteiger partial charge in [-0.2, -0.15) is 0 Å². The molecule has 0 unspecified atom stereocenters. The summed E-state index contributed by atoms with van der Waals surface area (Å²) in [7, 11) is 0. The van der Waals surface area contributed by atoms with Crippen molar-refractivity contribution in [3.05, 3.63) is 71.6 Å². The van der Waals surface area contributed by atoms with E-state index in [1.165, 1.54) is 30.4 Å². The molecule has 2 N–H and O–H groups in total. The first-order chi connectivity index (χ1) is 13.5. The number of rotatable bonds is 4. The van der Waals surface area contributed by atoms with Crippen molar-refractivity contribution in [1.82, 2.24) is 9.38 Å². The minimum Gasteiger partial charge on any atom is -0.326 e. The summed E-state index contributed by atoms with van der Waals surface area (Å²) in [6.45, 7) is 1.42. The summed E-state index contributed by atoms with van der Waals surface area (Å²) in [6.07, 6.45) is 1.75. The smallest absolute Gasteiger partial charge is 0.273 e. The molecule has 4 rings (SSSR count). The maximum Gasteiger partial charge on any atom is 0.273 e. The van der Waals surface area contributed by atoms with Gasteiger partial charge in [-0.3, -0.25) is 14.0 Å². The molecule has 0 atom stereocenters. The Bertz CT molecular complexity index is 1180. The zero-order chi connectivity index (χ0) is 19.7. The van der Waals surface area contributed by atoms with Crippen molar-refractivity contribution in [2.75, 3.05) is 10.6 Å². The van der Waals surface area contributed by atoms with Gasteiger partial charge in [0.05, 0.1) is 5.69 Å². The largest absolute Gasteiger partial charge is 0.326 e. The number of carbonyl (C=O) groups is 2. The predicted molar refractivity (Wildman–Crippen MR) is 107 cm³/mol. The van der Waals surface area contributed by atoms with Crippen LogP contribution in [0.3, 0.4) is 0 Å². The molecule has 0 spiro atoms. The number of amides is 2. The minimum absolute atomic E-state index is 0.185. The van der Waals surface area contributed by atoms with Gasteiger partial charge in [-0.05, 0) is 42.5 Å². The van der Waals surface area contributed by atoms with Crippen LogP contribution in [0.4, 0.5) is 15.8 Å². The minimum atomic E-state index is -0.314. The Morgan fingerprint density at radius 1 is 1.07 bits per heavy atom. The fourth-order valence-electron chi connectivity index (χ4n) is 2.78. The van der Waals surface area contributed by atoms with E-state index < -0.39 is 0 Å². The van der Waals surface area contributed by atoms with Crippen LogP contribution in [0.15, 0.2) is 60.1 Å². The molecule has 0 aliphatic carbocycles. The summed E-state index contributed by atoms with van der Waals surface area (Å²) < 4.78 is 14.8. The molecule has 2 aromatic carbocycles. The Kier molecular flexibility index (Phi) is 4.62. The second-order valence-electron chi connectivity index (χ2n) is 6.12. The summed E-state index contributed by atoms with van der Waals surface area (Å²) in [5, 5.41) is 7.23. The third kappa shape index (κ3) is 3.63. The first-order valence-electron chi connectivity index (χ1n) is 8.41. The highest BCUT2D eigenvalue weighted by molar-refractivity contribution is 7.15. The first-order valence-corrected chi connectivity index (χ1v) is 9.29. The third-order valence-electron chi connectivity index (χ3n) is 4.02. The number of halogens is 1. The molecule has 0 bridgehead atoms. The number of carbonyl (C=O) groups excluding carboxylic acids is 2. The average molecular weight is 394 g/mol. The molecule has 28 heavy (non-hydrogen) atoms. The molecular formula is C20H15FN4O2S. The van der Waals surface area contributed by atoms with Crippen molar-refractivity contribution >= 4 is 39.5 Å². The monoisotopic (exact) mass is 394 g/mol. The molecule has 0 saturated heterocycles. The molecule has 140 valence electrons. The van der Waals surface area contributed by atoms with Gasteiger partial charge in [0, 0.05) is 35.4 Å². The molecular weight excluding hydrogens is 379 g/mol. The lowest BCUT2D eigenvalue weighted by Gasteiger charge is -2.07. The highest BCUT2D eigenvalue weighted by atomic mass is 32.1. The topological polar surface area (TPSA) is 75.5 Å². The van der Waals surface area contributed by atoms with Crippen molar-refractivity contribution in [1.29, 1.82) is 0 Å². The molecule has 2 aromatic heterocycles. The maximum atomic E-state index is 13.1. The Morgan fingerprint density at radius 2 is 1.79 bits per heavy atom. The number of fused-ring (bicyclic) bond motifs is 1. The molecule has 8 heteroatoms. The zero-order valence-electron chi connectivity index (χ0n) is 14.8. The number of aromatic nitrogens is 2. The number of hydrogen-bond donors (Lipinski definition) is 2. The van der Waals surface area contributed by atoms with Gasteiger partial charge in [0.1, 0.15) is 11.5 Å². The molecule has 0 radical (unpaired) electrons.